The lowest BCUT2D eigenvalue weighted by Gasteiger charge is -2.40. The summed E-state index contributed by atoms with van der Waals surface area (Å²) in [5.41, 5.74) is 12.4. The van der Waals surface area contributed by atoms with Gasteiger partial charge in [0, 0.05) is 47.4 Å². The summed E-state index contributed by atoms with van der Waals surface area (Å²) in [6, 6.07) is 96.2. The molecule has 5 heteroatoms. The molecular formula is C70H43NO2SSi. The van der Waals surface area contributed by atoms with Crippen molar-refractivity contribution in [2.24, 2.45) is 0 Å². The maximum absolute atomic E-state index is 7.16. The number of hydrogen-bond acceptors (Lipinski definition) is 3. The summed E-state index contributed by atoms with van der Waals surface area (Å²) in [6.07, 6.45) is 0. The highest BCUT2D eigenvalue weighted by molar-refractivity contribution is 7.26. The Morgan fingerprint density at radius 3 is 1.84 bits per heavy atom. The van der Waals surface area contributed by atoms with Crippen LogP contribution in [-0.4, -0.2) is 12.6 Å². The second-order valence-corrected chi connectivity index (χ2v) is 24.7. The average Bonchev–Trinajstić information content (AvgIpc) is 4.23. The van der Waals surface area contributed by atoms with Crippen LogP contribution in [-0.2, 0) is 0 Å². The number of thiophene rings is 1. The van der Waals surface area contributed by atoms with E-state index < -0.39 is 8.07 Å². The van der Waals surface area contributed by atoms with Gasteiger partial charge in [0.15, 0.2) is 8.07 Å². The number of furan rings is 1. The molecule has 12 aromatic carbocycles. The molecule has 1 unspecified atom stereocenters. The third kappa shape index (κ3) is 6.32. The number of benzene rings is 12. The predicted molar refractivity (Wildman–Crippen MR) is 318 cm³/mol. The van der Waals surface area contributed by atoms with E-state index in [0.29, 0.717) is 0 Å². The molecule has 75 heavy (non-hydrogen) atoms. The van der Waals surface area contributed by atoms with Gasteiger partial charge in [-0.15, -0.1) is 11.3 Å². The van der Waals surface area contributed by atoms with Crippen LogP contribution >= 0.6 is 11.3 Å². The maximum atomic E-state index is 7.16. The Bertz CT molecular complexity index is 4780. The maximum Gasteiger partial charge on any atom is 0.188 e. The number of aromatic nitrogens is 1. The molecule has 350 valence electrons. The molecule has 16 rings (SSSR count). The minimum atomic E-state index is -3.12. The van der Waals surface area contributed by atoms with Crippen LogP contribution in [0.2, 0.25) is 0 Å². The van der Waals surface area contributed by atoms with Crippen molar-refractivity contribution < 1.29 is 9.15 Å². The van der Waals surface area contributed by atoms with Crippen LogP contribution in [0.5, 0.6) is 11.5 Å². The molecule has 0 radical (unpaired) electrons. The van der Waals surface area contributed by atoms with Crippen molar-refractivity contribution in [1.29, 1.82) is 0 Å². The van der Waals surface area contributed by atoms with E-state index in [1.807, 2.05) is 17.4 Å². The number of para-hydroxylation sites is 4. The summed E-state index contributed by atoms with van der Waals surface area (Å²) in [5, 5.41) is 14.9. The molecule has 0 saturated heterocycles. The molecule has 0 fully saturated rings. The lowest BCUT2D eigenvalue weighted by Crippen LogP contribution is -2.76. The summed E-state index contributed by atoms with van der Waals surface area (Å²) in [5.74, 6) is 1.80. The number of nitrogens with zero attached hydrogens (tertiary/aromatic N) is 1. The van der Waals surface area contributed by atoms with Gasteiger partial charge in [-0.25, -0.2) is 0 Å². The summed E-state index contributed by atoms with van der Waals surface area (Å²) in [4.78, 5) is 0. The van der Waals surface area contributed by atoms with E-state index in [4.69, 9.17) is 9.15 Å². The van der Waals surface area contributed by atoms with Gasteiger partial charge in [0.1, 0.15) is 22.7 Å². The van der Waals surface area contributed by atoms with Crippen molar-refractivity contribution >= 4 is 115 Å². The van der Waals surface area contributed by atoms with Gasteiger partial charge in [0.2, 0.25) is 0 Å². The summed E-state index contributed by atoms with van der Waals surface area (Å²) >= 11 is 1.87. The number of fused-ring (bicyclic) bond motifs is 12. The SMILES string of the molecule is c1cc(-c2ccc3c(c2)Oc2ccccc2[Si]3(c2ccc(-c3cccc4oc5ccccc5c34)cc2)c2ccc3cc(-n4c5ccccc5c5ccccc54)ccc3c2)cc(-c2cccc3c2sc2ccccc23)c1. The van der Waals surface area contributed by atoms with Crippen molar-refractivity contribution in [1.82, 2.24) is 4.57 Å². The van der Waals surface area contributed by atoms with E-state index >= 15 is 0 Å². The first kappa shape index (κ1) is 42.3. The second-order valence-electron chi connectivity index (χ2n) is 19.9. The fourth-order valence-corrected chi connectivity index (χ4v) is 18.7. The van der Waals surface area contributed by atoms with Gasteiger partial charge in [-0.05, 0) is 126 Å². The molecule has 0 bridgehead atoms. The van der Waals surface area contributed by atoms with Crippen LogP contribution in [0, 0.1) is 0 Å². The van der Waals surface area contributed by atoms with E-state index in [1.54, 1.807) is 0 Å². The van der Waals surface area contributed by atoms with Crippen molar-refractivity contribution in [3.05, 3.63) is 261 Å². The Balaban J connectivity index is 0.884. The van der Waals surface area contributed by atoms with Gasteiger partial charge in [-0.2, -0.15) is 0 Å². The van der Waals surface area contributed by atoms with E-state index in [9.17, 15) is 0 Å². The molecule has 0 amide bonds. The van der Waals surface area contributed by atoms with Crippen LogP contribution < -0.4 is 25.5 Å². The van der Waals surface area contributed by atoms with E-state index in [2.05, 4.69) is 259 Å². The molecule has 15 aromatic rings. The van der Waals surface area contributed by atoms with Gasteiger partial charge in [0.05, 0.1) is 11.0 Å². The minimum Gasteiger partial charge on any atom is -0.458 e. The topological polar surface area (TPSA) is 27.3 Å². The molecule has 0 N–H and O–H groups in total. The molecule has 3 aromatic heterocycles. The lowest BCUT2D eigenvalue weighted by molar-refractivity contribution is 0.487. The van der Waals surface area contributed by atoms with Gasteiger partial charge in [0.25, 0.3) is 0 Å². The first-order chi connectivity index (χ1) is 37.2. The zero-order valence-corrected chi connectivity index (χ0v) is 42.3. The number of rotatable bonds is 6. The normalized spacial score (nSPS) is 14.3. The number of ether oxygens (including phenoxy) is 1. The fourth-order valence-electron chi connectivity index (χ4n) is 12.6. The van der Waals surface area contributed by atoms with Gasteiger partial charge >= 0.3 is 0 Å². The molecular weight excluding hydrogens is 947 g/mol. The van der Waals surface area contributed by atoms with Crippen molar-refractivity contribution in [3.8, 4) is 50.6 Å². The highest BCUT2D eigenvalue weighted by atomic mass is 32.1. The monoisotopic (exact) mass is 989 g/mol. The zero-order chi connectivity index (χ0) is 49.2. The third-order valence-electron chi connectivity index (χ3n) is 15.9. The van der Waals surface area contributed by atoms with E-state index in [-0.39, 0.29) is 0 Å². The van der Waals surface area contributed by atoms with Crippen LogP contribution in [0.1, 0.15) is 0 Å². The Morgan fingerprint density at radius 1 is 0.360 bits per heavy atom. The Morgan fingerprint density at radius 2 is 0.973 bits per heavy atom. The summed E-state index contributed by atoms with van der Waals surface area (Å²) in [7, 11) is -3.12. The molecule has 4 heterocycles. The van der Waals surface area contributed by atoms with Gasteiger partial charge < -0.3 is 13.7 Å². The molecule has 1 atom stereocenters. The second kappa shape index (κ2) is 16.4. The fraction of sp³-hybridized carbons (Fsp3) is 0. The smallest absolute Gasteiger partial charge is 0.188 e. The minimum absolute atomic E-state index is 0.895. The molecule has 1 aliphatic rings. The van der Waals surface area contributed by atoms with Crippen LogP contribution in [0.4, 0.5) is 0 Å². The van der Waals surface area contributed by atoms with E-state index in [0.717, 1.165) is 61.4 Å². The van der Waals surface area contributed by atoms with Crippen LogP contribution in [0.3, 0.4) is 0 Å². The third-order valence-corrected chi connectivity index (χ3v) is 22.0. The molecule has 0 saturated carbocycles. The molecule has 0 aliphatic carbocycles. The Hall–Kier alpha value is -9.26. The summed E-state index contributed by atoms with van der Waals surface area (Å²) < 4.78 is 18.6. The zero-order valence-electron chi connectivity index (χ0n) is 40.5. The Kier molecular flexibility index (Phi) is 9.23. The van der Waals surface area contributed by atoms with Crippen molar-refractivity contribution in [3.63, 3.8) is 0 Å². The van der Waals surface area contributed by atoms with Gasteiger partial charge in [-0.1, -0.05) is 200 Å². The molecule has 3 nitrogen and oxygen atoms in total. The first-order valence-corrected chi connectivity index (χ1v) is 28.4. The van der Waals surface area contributed by atoms with Crippen LogP contribution in [0.15, 0.2) is 265 Å². The van der Waals surface area contributed by atoms with Gasteiger partial charge in [-0.3, -0.25) is 0 Å². The lowest BCUT2D eigenvalue weighted by atomic mass is 9.98. The number of hydrogen-bond donors (Lipinski definition) is 0. The predicted octanol–water partition coefficient (Wildman–Crippen LogP) is 16.7. The largest absolute Gasteiger partial charge is 0.458 e. The standard InChI is InChI=1S/C70H43NO2SSi/c1-5-23-60-55(16-1)56-17-2-6-24-61(56)71(60)50-35-30-47-42-52(38-33-46(47)41-50)75(51-36-31-44(32-37-51)53-20-13-27-64-69(53)59-19-3-7-25-62(59)72-64)67-29-10-8-26-63(67)73-65-43-48(34-39-68(65)75)45-14-11-15-49(40-45)54-21-12-22-58-57-18-4-9-28-66(57)74-70(54)58/h1-43H. The molecule has 0 spiro atoms. The highest BCUT2D eigenvalue weighted by Gasteiger charge is 2.48. The molecule has 1 aliphatic heterocycles. The summed E-state index contributed by atoms with van der Waals surface area (Å²) in [6.45, 7) is 0. The van der Waals surface area contributed by atoms with E-state index in [1.165, 1.54) is 84.6 Å². The Labute approximate surface area is 437 Å². The highest BCUT2D eigenvalue weighted by Crippen LogP contribution is 2.42. The van der Waals surface area contributed by atoms with Crippen molar-refractivity contribution in [2.75, 3.05) is 0 Å². The quantitative estimate of drug-likeness (QED) is 0.155. The first-order valence-electron chi connectivity index (χ1n) is 25.6. The van der Waals surface area contributed by atoms with Crippen LogP contribution in [0.25, 0.3) is 114 Å². The average molecular weight is 990 g/mol. The van der Waals surface area contributed by atoms with Crippen molar-refractivity contribution in [2.45, 2.75) is 0 Å².